The molecule has 2 aromatic rings. The predicted octanol–water partition coefficient (Wildman–Crippen LogP) is 2.45. The van der Waals surface area contributed by atoms with Crippen molar-refractivity contribution in [2.45, 2.75) is 31.8 Å². The van der Waals surface area contributed by atoms with E-state index in [2.05, 4.69) is 5.10 Å². The fourth-order valence-corrected chi connectivity index (χ4v) is 3.31. The van der Waals surface area contributed by atoms with Gasteiger partial charge in [0.25, 0.3) is 0 Å². The summed E-state index contributed by atoms with van der Waals surface area (Å²) in [4.78, 5) is 28.0. The van der Waals surface area contributed by atoms with Crippen molar-refractivity contribution in [3.05, 3.63) is 48.3 Å². The molecule has 0 bridgehead atoms. The molecule has 1 fully saturated rings. The van der Waals surface area contributed by atoms with E-state index in [-0.39, 0.29) is 5.91 Å². The number of amides is 2. The number of piperidine rings is 1. The molecule has 0 unspecified atom stereocenters. The van der Waals surface area contributed by atoms with E-state index >= 15 is 0 Å². The highest BCUT2D eigenvalue weighted by molar-refractivity contribution is 5.85. The van der Waals surface area contributed by atoms with E-state index in [0.717, 1.165) is 24.1 Å². The van der Waals surface area contributed by atoms with E-state index in [1.54, 1.807) is 27.7 Å². The van der Waals surface area contributed by atoms with Crippen molar-refractivity contribution in [2.24, 2.45) is 0 Å². The van der Waals surface area contributed by atoms with E-state index in [4.69, 9.17) is 4.74 Å². The van der Waals surface area contributed by atoms with Gasteiger partial charge in [-0.25, -0.2) is 9.48 Å². The van der Waals surface area contributed by atoms with Crippen LogP contribution in [-0.2, 0) is 16.1 Å². The number of methoxy groups -OCH3 is 1. The minimum absolute atomic E-state index is 0.0498. The van der Waals surface area contributed by atoms with Crippen molar-refractivity contribution in [3.63, 3.8) is 0 Å². The quantitative estimate of drug-likeness (QED) is 0.844. The second kappa shape index (κ2) is 8.03. The van der Waals surface area contributed by atoms with Crippen LogP contribution in [0.25, 0.3) is 5.69 Å². The molecule has 1 aliphatic rings. The lowest BCUT2D eigenvalue weighted by molar-refractivity contribution is -0.136. The zero-order valence-corrected chi connectivity index (χ0v) is 15.2. The fraction of sp³-hybridized carbons (Fsp3) is 0.421. The Morgan fingerprint density at radius 1 is 1.27 bits per heavy atom. The van der Waals surface area contributed by atoms with Gasteiger partial charge in [0.05, 0.1) is 12.8 Å². The van der Waals surface area contributed by atoms with Crippen molar-refractivity contribution in [1.82, 2.24) is 19.6 Å². The van der Waals surface area contributed by atoms with Crippen LogP contribution < -0.4 is 0 Å². The lowest BCUT2D eigenvalue weighted by Crippen LogP contribution is -2.52. The first-order valence-corrected chi connectivity index (χ1v) is 8.78. The van der Waals surface area contributed by atoms with Gasteiger partial charge >= 0.3 is 6.09 Å². The van der Waals surface area contributed by atoms with Gasteiger partial charge in [0.15, 0.2) is 0 Å². The molecule has 1 aliphatic heterocycles. The second-order valence-electron chi connectivity index (χ2n) is 6.49. The molecule has 1 atom stereocenters. The number of carbonyl (C=O) groups is 2. The lowest BCUT2D eigenvalue weighted by Gasteiger charge is -2.35. The third kappa shape index (κ3) is 3.87. The van der Waals surface area contributed by atoms with Crippen molar-refractivity contribution in [2.75, 3.05) is 20.7 Å². The molecule has 7 nitrogen and oxygen atoms in total. The van der Waals surface area contributed by atoms with Crippen LogP contribution in [0.5, 0.6) is 0 Å². The smallest absolute Gasteiger partial charge is 0.410 e. The largest absolute Gasteiger partial charge is 0.453 e. The Morgan fingerprint density at radius 2 is 2.04 bits per heavy atom. The minimum Gasteiger partial charge on any atom is -0.453 e. The van der Waals surface area contributed by atoms with Gasteiger partial charge in [0.1, 0.15) is 6.04 Å². The van der Waals surface area contributed by atoms with E-state index in [1.807, 2.05) is 36.5 Å². The van der Waals surface area contributed by atoms with Crippen LogP contribution in [0.1, 0.15) is 24.8 Å². The van der Waals surface area contributed by atoms with Crippen LogP contribution in [0.2, 0.25) is 0 Å². The summed E-state index contributed by atoms with van der Waals surface area (Å²) >= 11 is 0. The number of aromatic nitrogens is 2. The number of hydrogen-bond donors (Lipinski definition) is 0. The third-order valence-electron chi connectivity index (χ3n) is 4.70. The molecule has 26 heavy (non-hydrogen) atoms. The lowest BCUT2D eigenvalue weighted by atomic mass is 10.0. The third-order valence-corrected chi connectivity index (χ3v) is 4.70. The molecule has 138 valence electrons. The molecular formula is C19H24N4O3. The van der Waals surface area contributed by atoms with Gasteiger partial charge in [-0.1, -0.05) is 12.1 Å². The summed E-state index contributed by atoms with van der Waals surface area (Å²) in [5, 5.41) is 4.20. The summed E-state index contributed by atoms with van der Waals surface area (Å²) < 4.78 is 6.61. The molecule has 1 aromatic carbocycles. The first-order chi connectivity index (χ1) is 12.6. The highest BCUT2D eigenvalue weighted by atomic mass is 16.5. The van der Waals surface area contributed by atoms with Crippen LogP contribution in [0.3, 0.4) is 0 Å². The Bertz CT molecular complexity index is 743. The molecule has 1 aromatic heterocycles. The van der Waals surface area contributed by atoms with Crippen LogP contribution in [0.4, 0.5) is 4.79 Å². The average Bonchev–Trinajstić information content (AvgIpc) is 3.22. The van der Waals surface area contributed by atoms with Crippen LogP contribution in [-0.4, -0.2) is 58.3 Å². The van der Waals surface area contributed by atoms with Gasteiger partial charge in [-0.2, -0.15) is 5.10 Å². The molecule has 2 heterocycles. The Morgan fingerprint density at radius 3 is 2.69 bits per heavy atom. The molecule has 0 spiro atoms. The topological polar surface area (TPSA) is 67.7 Å². The molecule has 7 heteroatoms. The number of hydrogen-bond acceptors (Lipinski definition) is 4. The molecule has 0 aliphatic carbocycles. The average molecular weight is 356 g/mol. The van der Waals surface area contributed by atoms with Gasteiger partial charge in [0.2, 0.25) is 5.91 Å². The molecular weight excluding hydrogens is 332 g/mol. The number of nitrogens with zero attached hydrogens (tertiary/aromatic N) is 4. The Hall–Kier alpha value is -2.83. The molecule has 3 rings (SSSR count). The summed E-state index contributed by atoms with van der Waals surface area (Å²) in [5.74, 6) is -0.0498. The molecule has 2 amide bonds. The maximum atomic E-state index is 12.8. The van der Waals surface area contributed by atoms with Crippen LogP contribution in [0, 0.1) is 0 Å². The first-order valence-electron chi connectivity index (χ1n) is 8.78. The highest BCUT2D eigenvalue weighted by Gasteiger charge is 2.34. The van der Waals surface area contributed by atoms with Crippen molar-refractivity contribution < 1.29 is 14.3 Å². The molecule has 0 saturated carbocycles. The van der Waals surface area contributed by atoms with Crippen LogP contribution in [0.15, 0.2) is 42.7 Å². The van der Waals surface area contributed by atoms with Gasteiger partial charge in [-0.15, -0.1) is 0 Å². The molecule has 0 N–H and O–H groups in total. The maximum absolute atomic E-state index is 12.8. The van der Waals surface area contributed by atoms with Gasteiger partial charge in [-0.05, 0) is 43.0 Å². The summed E-state index contributed by atoms with van der Waals surface area (Å²) in [7, 11) is 3.12. The Kier molecular flexibility index (Phi) is 5.55. The van der Waals surface area contributed by atoms with E-state index in [9.17, 15) is 9.59 Å². The number of likely N-dealkylation sites (tertiary alicyclic amines) is 1. The van der Waals surface area contributed by atoms with Gasteiger partial charge in [-0.3, -0.25) is 9.69 Å². The SMILES string of the molecule is COC(=O)N1CCCC[C@H]1C(=O)N(C)Cc1ccc(-n2cccn2)cc1. The highest BCUT2D eigenvalue weighted by Crippen LogP contribution is 2.20. The van der Waals surface area contributed by atoms with Crippen molar-refractivity contribution in [3.8, 4) is 5.69 Å². The van der Waals surface area contributed by atoms with Gasteiger partial charge < -0.3 is 9.64 Å². The summed E-state index contributed by atoms with van der Waals surface area (Å²) in [6.07, 6.45) is 5.71. The van der Waals surface area contributed by atoms with E-state index < -0.39 is 12.1 Å². The second-order valence-corrected chi connectivity index (χ2v) is 6.49. The normalized spacial score (nSPS) is 17.0. The van der Waals surface area contributed by atoms with Crippen molar-refractivity contribution >= 4 is 12.0 Å². The number of carbonyl (C=O) groups excluding carboxylic acids is 2. The summed E-state index contributed by atoms with van der Waals surface area (Å²) in [5.41, 5.74) is 1.99. The number of rotatable bonds is 4. The molecule has 0 radical (unpaired) electrons. The van der Waals surface area contributed by atoms with E-state index in [0.29, 0.717) is 19.5 Å². The monoisotopic (exact) mass is 356 g/mol. The first kappa shape index (κ1) is 18.0. The fourth-order valence-electron chi connectivity index (χ4n) is 3.31. The molecule has 1 saturated heterocycles. The number of benzene rings is 1. The van der Waals surface area contributed by atoms with Crippen molar-refractivity contribution in [1.29, 1.82) is 0 Å². The zero-order valence-electron chi connectivity index (χ0n) is 15.2. The minimum atomic E-state index is -0.440. The number of likely N-dealkylation sites (N-methyl/N-ethyl adjacent to an activating group) is 1. The maximum Gasteiger partial charge on any atom is 0.410 e. The Balaban J connectivity index is 1.65. The Labute approximate surface area is 153 Å². The number of ether oxygens (including phenoxy) is 1. The standard InChI is InChI=1S/C19H24N4O3/c1-21(18(24)17-6-3-4-12-22(17)19(25)26-2)14-15-7-9-16(10-8-15)23-13-5-11-20-23/h5,7-11,13,17H,3-4,6,12,14H2,1-2H3/t17-/m0/s1. The van der Waals surface area contributed by atoms with Crippen LogP contribution >= 0.6 is 0 Å². The zero-order chi connectivity index (χ0) is 18.5. The summed E-state index contributed by atoms with van der Waals surface area (Å²) in [6.45, 7) is 1.05. The van der Waals surface area contributed by atoms with E-state index in [1.165, 1.54) is 7.11 Å². The predicted molar refractivity (Wildman–Crippen MR) is 96.8 cm³/mol. The van der Waals surface area contributed by atoms with Gasteiger partial charge in [0, 0.05) is 32.5 Å². The summed E-state index contributed by atoms with van der Waals surface area (Å²) in [6, 6.07) is 9.35.